The van der Waals surface area contributed by atoms with Gasteiger partial charge in [0.2, 0.25) is 0 Å². The molecule has 0 unspecified atom stereocenters. The van der Waals surface area contributed by atoms with E-state index in [0.29, 0.717) is 11.4 Å². The smallest absolute Gasteiger partial charge is 0.191 e. The quantitative estimate of drug-likeness (QED) is 0.626. The molecule has 76 valence electrons. The van der Waals surface area contributed by atoms with Gasteiger partial charge in [0, 0.05) is 4.47 Å². The first-order valence-electron chi connectivity index (χ1n) is 3.98. The number of nitrogens with two attached hydrogens (primary N) is 2. The van der Waals surface area contributed by atoms with E-state index in [-0.39, 0.29) is 5.96 Å². The number of rotatable bonds is 2. The molecule has 1 aromatic carbocycles. The molecule has 4 nitrogen and oxygen atoms in total. The van der Waals surface area contributed by atoms with Crippen molar-refractivity contribution in [3.63, 3.8) is 0 Å². The Morgan fingerprint density at radius 1 is 1.43 bits per heavy atom. The molecule has 4 N–H and O–H groups in total. The van der Waals surface area contributed by atoms with Crippen molar-refractivity contribution in [2.45, 2.75) is 6.92 Å². The van der Waals surface area contributed by atoms with Crippen molar-refractivity contribution in [3.05, 3.63) is 22.2 Å². The van der Waals surface area contributed by atoms with Gasteiger partial charge in [-0.15, -0.1) is 0 Å². The van der Waals surface area contributed by atoms with Crippen LogP contribution in [0.3, 0.4) is 0 Å². The normalized spacial score (nSPS) is 9.64. The van der Waals surface area contributed by atoms with Crippen molar-refractivity contribution >= 4 is 27.6 Å². The van der Waals surface area contributed by atoms with Crippen LogP contribution in [0, 0.1) is 6.92 Å². The number of hydrogen-bond donors (Lipinski definition) is 2. The Hall–Kier alpha value is -1.23. The molecule has 5 heteroatoms. The van der Waals surface area contributed by atoms with E-state index in [9.17, 15) is 0 Å². The lowest BCUT2D eigenvalue weighted by Crippen LogP contribution is -2.21. The zero-order valence-electron chi connectivity index (χ0n) is 8.04. The first-order valence-corrected chi connectivity index (χ1v) is 4.77. The van der Waals surface area contributed by atoms with Gasteiger partial charge < -0.3 is 16.2 Å². The standard InChI is InChI=1S/C9H12BrN3O/c1-5-3-7(13-9(11)12)8(14-2)4-6(5)10/h3-4H,1-2H3,(H4,11,12,13). The molecule has 14 heavy (non-hydrogen) atoms. The average Bonchev–Trinajstić information content (AvgIpc) is 2.10. The summed E-state index contributed by atoms with van der Waals surface area (Å²) in [6.45, 7) is 1.95. The topological polar surface area (TPSA) is 73.6 Å². The predicted molar refractivity (Wildman–Crippen MR) is 60.9 cm³/mol. The molecule has 0 fully saturated rings. The number of nitrogens with zero attached hydrogens (tertiary/aromatic N) is 1. The average molecular weight is 258 g/mol. The fourth-order valence-electron chi connectivity index (χ4n) is 1.04. The second-order valence-electron chi connectivity index (χ2n) is 2.81. The van der Waals surface area contributed by atoms with Crippen LogP contribution < -0.4 is 16.2 Å². The summed E-state index contributed by atoms with van der Waals surface area (Å²) in [5.41, 5.74) is 12.3. The Kier molecular flexibility index (Phi) is 3.35. The minimum absolute atomic E-state index is 0.0185. The summed E-state index contributed by atoms with van der Waals surface area (Å²) in [7, 11) is 1.57. The van der Waals surface area contributed by atoms with Gasteiger partial charge in [-0.2, -0.15) is 0 Å². The second-order valence-corrected chi connectivity index (χ2v) is 3.66. The highest BCUT2D eigenvalue weighted by atomic mass is 79.9. The number of methoxy groups -OCH3 is 1. The lowest BCUT2D eigenvalue weighted by Gasteiger charge is -2.07. The third kappa shape index (κ3) is 2.38. The van der Waals surface area contributed by atoms with Gasteiger partial charge in [0.05, 0.1) is 7.11 Å². The molecule has 0 saturated heterocycles. The highest BCUT2D eigenvalue weighted by Crippen LogP contribution is 2.32. The van der Waals surface area contributed by atoms with Crippen LogP contribution in [0.25, 0.3) is 0 Å². The van der Waals surface area contributed by atoms with E-state index < -0.39 is 0 Å². The summed E-state index contributed by atoms with van der Waals surface area (Å²) in [6, 6.07) is 3.68. The van der Waals surface area contributed by atoms with Crippen LogP contribution in [0.5, 0.6) is 5.75 Å². The highest BCUT2D eigenvalue weighted by Gasteiger charge is 2.05. The number of aryl methyl sites for hydroxylation is 1. The van der Waals surface area contributed by atoms with Crippen molar-refractivity contribution in [3.8, 4) is 5.75 Å². The summed E-state index contributed by atoms with van der Waals surface area (Å²) in [6.07, 6.45) is 0. The van der Waals surface area contributed by atoms with Crippen LogP contribution in [-0.4, -0.2) is 13.1 Å². The maximum atomic E-state index is 5.30. The number of aliphatic imine (C=N–C) groups is 1. The van der Waals surface area contributed by atoms with E-state index in [2.05, 4.69) is 20.9 Å². The molecule has 0 aromatic heterocycles. The molecule has 0 amide bonds. The molecule has 0 aliphatic rings. The van der Waals surface area contributed by atoms with Gasteiger partial charge in [-0.3, -0.25) is 0 Å². The van der Waals surface area contributed by atoms with Gasteiger partial charge in [-0.25, -0.2) is 4.99 Å². The van der Waals surface area contributed by atoms with E-state index in [0.717, 1.165) is 10.0 Å². The van der Waals surface area contributed by atoms with Crippen molar-refractivity contribution < 1.29 is 4.74 Å². The molecule has 1 rings (SSSR count). The first kappa shape index (κ1) is 10.8. The van der Waals surface area contributed by atoms with Gasteiger partial charge in [-0.05, 0) is 24.6 Å². The fraction of sp³-hybridized carbons (Fsp3) is 0.222. The Morgan fingerprint density at radius 2 is 2.07 bits per heavy atom. The number of benzene rings is 1. The third-order valence-corrected chi connectivity index (χ3v) is 2.56. The zero-order valence-corrected chi connectivity index (χ0v) is 9.63. The van der Waals surface area contributed by atoms with Gasteiger partial charge in [0.25, 0.3) is 0 Å². The molecule has 0 aliphatic heterocycles. The van der Waals surface area contributed by atoms with Gasteiger partial charge >= 0.3 is 0 Å². The van der Waals surface area contributed by atoms with Crippen molar-refractivity contribution in [1.82, 2.24) is 0 Å². The second kappa shape index (κ2) is 4.32. The van der Waals surface area contributed by atoms with Crippen LogP contribution in [0.1, 0.15) is 5.56 Å². The number of guanidine groups is 1. The lowest BCUT2D eigenvalue weighted by atomic mass is 10.2. The van der Waals surface area contributed by atoms with Gasteiger partial charge in [0.1, 0.15) is 11.4 Å². The number of halogens is 1. The molecule has 0 radical (unpaired) electrons. The molecular formula is C9H12BrN3O. The summed E-state index contributed by atoms with van der Waals surface area (Å²) < 4.78 is 6.10. The SMILES string of the molecule is COc1cc(Br)c(C)cc1N=C(N)N. The Balaban J connectivity index is 3.27. The third-order valence-electron chi connectivity index (χ3n) is 1.71. The van der Waals surface area contributed by atoms with E-state index >= 15 is 0 Å². The van der Waals surface area contributed by atoms with Crippen molar-refractivity contribution in [2.75, 3.05) is 7.11 Å². The molecule has 0 atom stereocenters. The van der Waals surface area contributed by atoms with Crippen LogP contribution >= 0.6 is 15.9 Å². The van der Waals surface area contributed by atoms with Crippen molar-refractivity contribution in [1.29, 1.82) is 0 Å². The fourth-order valence-corrected chi connectivity index (χ4v) is 1.36. The van der Waals surface area contributed by atoms with E-state index in [4.69, 9.17) is 16.2 Å². The van der Waals surface area contributed by atoms with Gasteiger partial charge in [-0.1, -0.05) is 15.9 Å². The Morgan fingerprint density at radius 3 is 2.57 bits per heavy atom. The largest absolute Gasteiger partial charge is 0.494 e. The first-order chi connectivity index (χ1) is 6.54. The minimum Gasteiger partial charge on any atom is -0.494 e. The summed E-state index contributed by atoms with van der Waals surface area (Å²) in [5, 5.41) is 0. The molecular weight excluding hydrogens is 246 g/mol. The summed E-state index contributed by atoms with van der Waals surface area (Å²) in [4.78, 5) is 3.96. The van der Waals surface area contributed by atoms with E-state index in [1.54, 1.807) is 7.11 Å². The molecule has 0 aliphatic carbocycles. The molecule has 1 aromatic rings. The Bertz CT molecular complexity index is 373. The van der Waals surface area contributed by atoms with Crippen LogP contribution in [-0.2, 0) is 0 Å². The molecule has 0 bridgehead atoms. The summed E-state index contributed by atoms with van der Waals surface area (Å²) >= 11 is 3.40. The summed E-state index contributed by atoms with van der Waals surface area (Å²) in [5.74, 6) is 0.654. The zero-order chi connectivity index (χ0) is 10.7. The van der Waals surface area contributed by atoms with Crippen LogP contribution in [0.15, 0.2) is 21.6 Å². The van der Waals surface area contributed by atoms with Crippen LogP contribution in [0.2, 0.25) is 0 Å². The maximum Gasteiger partial charge on any atom is 0.191 e. The number of ether oxygens (including phenoxy) is 1. The highest BCUT2D eigenvalue weighted by molar-refractivity contribution is 9.10. The molecule has 0 heterocycles. The molecule has 0 saturated carbocycles. The molecule has 0 spiro atoms. The monoisotopic (exact) mass is 257 g/mol. The van der Waals surface area contributed by atoms with E-state index in [1.165, 1.54) is 0 Å². The number of hydrogen-bond acceptors (Lipinski definition) is 2. The Labute approximate surface area is 91.1 Å². The predicted octanol–water partition coefficient (Wildman–Crippen LogP) is 1.67. The van der Waals surface area contributed by atoms with Crippen LogP contribution in [0.4, 0.5) is 5.69 Å². The minimum atomic E-state index is 0.0185. The lowest BCUT2D eigenvalue weighted by molar-refractivity contribution is 0.416. The maximum absolute atomic E-state index is 5.30. The van der Waals surface area contributed by atoms with Crippen molar-refractivity contribution in [2.24, 2.45) is 16.5 Å². The van der Waals surface area contributed by atoms with E-state index in [1.807, 2.05) is 19.1 Å². The van der Waals surface area contributed by atoms with Gasteiger partial charge in [0.15, 0.2) is 5.96 Å².